The highest BCUT2D eigenvalue weighted by atomic mass is 31.2. The fourth-order valence-corrected chi connectivity index (χ4v) is 4.67. The van der Waals surface area contributed by atoms with Gasteiger partial charge in [0.25, 0.3) is 0 Å². The maximum Gasteiger partial charge on any atom is 0.351 e. The van der Waals surface area contributed by atoms with E-state index in [1.54, 1.807) is 38.4 Å². The molecule has 0 saturated heterocycles. The Labute approximate surface area is 165 Å². The van der Waals surface area contributed by atoms with Gasteiger partial charge in [0.1, 0.15) is 5.78 Å². The molecule has 1 aromatic carbocycles. The summed E-state index contributed by atoms with van der Waals surface area (Å²) < 4.78 is 35.2. The van der Waals surface area contributed by atoms with Crippen LogP contribution < -0.4 is 14.8 Å². The molecule has 1 unspecified atom stereocenters. The van der Waals surface area contributed by atoms with Crippen LogP contribution in [0, 0.1) is 0 Å². The molecule has 9 heteroatoms. The summed E-state index contributed by atoms with van der Waals surface area (Å²) in [5.41, 5.74) is 1.50. The zero-order chi connectivity index (χ0) is 20.6. The predicted octanol–water partition coefficient (Wildman–Crippen LogP) is 3.86. The van der Waals surface area contributed by atoms with Crippen LogP contribution >= 0.6 is 7.60 Å². The van der Waals surface area contributed by atoms with Crippen molar-refractivity contribution in [2.45, 2.75) is 26.2 Å². The van der Waals surface area contributed by atoms with E-state index in [1.165, 1.54) is 14.2 Å². The van der Waals surface area contributed by atoms with Crippen LogP contribution in [0.4, 0.5) is 0 Å². The molecule has 0 aliphatic rings. The number of phenols is 1. The van der Waals surface area contributed by atoms with Crippen molar-refractivity contribution in [3.63, 3.8) is 0 Å². The summed E-state index contributed by atoms with van der Waals surface area (Å²) in [5, 5.41) is 13.5. The van der Waals surface area contributed by atoms with Crippen LogP contribution in [0.15, 0.2) is 36.7 Å². The Morgan fingerprint density at radius 2 is 1.61 bits per heavy atom. The van der Waals surface area contributed by atoms with Gasteiger partial charge in [-0.15, -0.1) is 0 Å². The molecule has 0 spiro atoms. The second-order valence-electron chi connectivity index (χ2n) is 5.79. The number of nitrogens with one attached hydrogen (secondary N) is 1. The van der Waals surface area contributed by atoms with Gasteiger partial charge < -0.3 is 23.6 Å². The van der Waals surface area contributed by atoms with Crippen molar-refractivity contribution in [2.75, 3.05) is 27.4 Å². The van der Waals surface area contributed by atoms with Gasteiger partial charge in [-0.1, -0.05) is 0 Å². The number of benzene rings is 1. The van der Waals surface area contributed by atoms with Gasteiger partial charge in [0.05, 0.1) is 27.4 Å². The second kappa shape index (κ2) is 10.4. The molecule has 1 atom stereocenters. The third-order valence-electron chi connectivity index (χ3n) is 4.00. The lowest BCUT2D eigenvalue weighted by molar-refractivity contribution is 0.207. The quantitative estimate of drug-likeness (QED) is 0.539. The summed E-state index contributed by atoms with van der Waals surface area (Å²) in [4.78, 5) is 4.00. The number of hydrogen-bond donors (Lipinski definition) is 2. The Balaban J connectivity index is 2.49. The van der Waals surface area contributed by atoms with Crippen molar-refractivity contribution >= 4 is 7.60 Å². The van der Waals surface area contributed by atoms with Crippen molar-refractivity contribution in [3.05, 3.63) is 47.8 Å². The summed E-state index contributed by atoms with van der Waals surface area (Å²) in [6.45, 7) is 4.35. The largest absolute Gasteiger partial charge is 0.502 e. The molecular weight excluding hydrogens is 383 g/mol. The Morgan fingerprint density at radius 3 is 2.07 bits per heavy atom. The van der Waals surface area contributed by atoms with Crippen LogP contribution in [-0.2, 0) is 20.2 Å². The Bertz CT molecular complexity index is 767. The topological polar surface area (TPSA) is 99.1 Å². The van der Waals surface area contributed by atoms with Crippen molar-refractivity contribution in [1.29, 1.82) is 0 Å². The highest BCUT2D eigenvalue weighted by Crippen LogP contribution is 2.60. The van der Waals surface area contributed by atoms with Crippen LogP contribution in [0.1, 0.15) is 30.8 Å². The number of rotatable bonds is 11. The molecule has 1 aromatic heterocycles. The molecule has 0 radical (unpaired) electrons. The number of hydrogen-bond acceptors (Lipinski definition) is 8. The molecule has 0 aliphatic heterocycles. The first-order valence-electron chi connectivity index (χ1n) is 8.95. The van der Waals surface area contributed by atoms with E-state index < -0.39 is 13.4 Å². The van der Waals surface area contributed by atoms with E-state index in [0.29, 0.717) is 12.1 Å². The van der Waals surface area contributed by atoms with E-state index in [2.05, 4.69) is 10.3 Å². The summed E-state index contributed by atoms with van der Waals surface area (Å²) in [6.07, 6.45) is 3.37. The lowest BCUT2D eigenvalue weighted by Crippen LogP contribution is -2.23. The van der Waals surface area contributed by atoms with Crippen LogP contribution in [-0.4, -0.2) is 37.5 Å². The average Bonchev–Trinajstić information content (AvgIpc) is 2.70. The monoisotopic (exact) mass is 410 g/mol. The molecule has 0 amide bonds. The molecule has 0 fully saturated rings. The molecule has 2 N–H and O–H groups in total. The molecule has 28 heavy (non-hydrogen) atoms. The van der Waals surface area contributed by atoms with Crippen LogP contribution in [0.5, 0.6) is 17.2 Å². The fourth-order valence-electron chi connectivity index (χ4n) is 2.75. The molecular formula is C19H27N2O6P. The molecule has 2 rings (SSSR count). The molecule has 0 saturated carbocycles. The van der Waals surface area contributed by atoms with Gasteiger partial charge >= 0.3 is 7.60 Å². The number of pyridine rings is 1. The van der Waals surface area contributed by atoms with Gasteiger partial charge in [0.15, 0.2) is 11.5 Å². The van der Waals surface area contributed by atoms with E-state index in [-0.39, 0.29) is 30.5 Å². The molecule has 2 aromatic rings. The molecule has 0 bridgehead atoms. The number of nitrogens with zero attached hydrogens (tertiary/aromatic N) is 1. The summed E-state index contributed by atoms with van der Waals surface area (Å²) in [7, 11) is -0.718. The van der Waals surface area contributed by atoms with Crippen molar-refractivity contribution < 1.29 is 28.2 Å². The lowest BCUT2D eigenvalue weighted by atomic mass is 10.1. The van der Waals surface area contributed by atoms with E-state index in [9.17, 15) is 9.67 Å². The predicted molar refractivity (Wildman–Crippen MR) is 106 cm³/mol. The van der Waals surface area contributed by atoms with Gasteiger partial charge in [0, 0.05) is 18.9 Å². The van der Waals surface area contributed by atoms with E-state index in [4.69, 9.17) is 18.5 Å². The maximum atomic E-state index is 13.6. The van der Waals surface area contributed by atoms with Gasteiger partial charge in [-0.2, -0.15) is 0 Å². The first-order chi connectivity index (χ1) is 13.5. The van der Waals surface area contributed by atoms with Gasteiger partial charge in [-0.05, 0) is 49.2 Å². The zero-order valence-corrected chi connectivity index (χ0v) is 17.4. The highest BCUT2D eigenvalue weighted by Gasteiger charge is 2.37. The minimum Gasteiger partial charge on any atom is -0.502 e. The number of aromatic hydroxyl groups is 1. The molecule has 1 heterocycles. The van der Waals surface area contributed by atoms with Crippen molar-refractivity contribution in [2.24, 2.45) is 0 Å². The number of aromatic nitrogens is 1. The van der Waals surface area contributed by atoms with Crippen LogP contribution in [0.25, 0.3) is 0 Å². The first kappa shape index (κ1) is 22.2. The summed E-state index contributed by atoms with van der Waals surface area (Å²) >= 11 is 0. The lowest BCUT2D eigenvalue weighted by Gasteiger charge is -2.28. The smallest absolute Gasteiger partial charge is 0.351 e. The van der Waals surface area contributed by atoms with Crippen LogP contribution in [0.3, 0.4) is 0 Å². The van der Waals surface area contributed by atoms with E-state index >= 15 is 0 Å². The second-order valence-corrected chi connectivity index (χ2v) is 7.90. The number of ether oxygens (including phenoxy) is 2. The molecule has 154 valence electrons. The minimum atomic E-state index is -3.58. The van der Waals surface area contributed by atoms with Gasteiger partial charge in [-0.3, -0.25) is 14.9 Å². The van der Waals surface area contributed by atoms with E-state index in [0.717, 1.165) is 5.56 Å². The SMILES string of the molecule is CCOP(=O)(OCC)C(NCc1ccncc1)c1cc(OC)c(O)c(OC)c1. The van der Waals surface area contributed by atoms with Gasteiger partial charge in [0.2, 0.25) is 5.75 Å². The highest BCUT2D eigenvalue weighted by molar-refractivity contribution is 7.54. The maximum absolute atomic E-state index is 13.6. The fraction of sp³-hybridized carbons (Fsp3) is 0.421. The minimum absolute atomic E-state index is 0.135. The van der Waals surface area contributed by atoms with Crippen LogP contribution in [0.2, 0.25) is 0 Å². The number of phenolic OH excluding ortho intramolecular Hbond substituents is 1. The summed E-state index contributed by atoms with van der Waals surface area (Å²) in [5.74, 6) is -0.539. The van der Waals surface area contributed by atoms with Crippen molar-refractivity contribution in [3.8, 4) is 17.2 Å². The molecule has 0 aliphatic carbocycles. The normalized spacial score (nSPS) is 12.6. The molecule has 8 nitrogen and oxygen atoms in total. The third-order valence-corrected chi connectivity index (χ3v) is 6.35. The zero-order valence-electron chi connectivity index (χ0n) is 16.5. The van der Waals surface area contributed by atoms with E-state index in [1.807, 2.05) is 12.1 Å². The first-order valence-corrected chi connectivity index (χ1v) is 10.6. The summed E-state index contributed by atoms with van der Waals surface area (Å²) in [6, 6.07) is 6.89. The Morgan fingerprint density at radius 1 is 1.07 bits per heavy atom. The standard InChI is InChI=1S/C19H27N2O6P/c1-5-26-28(23,27-6-2)19(21-13-14-7-9-20-10-8-14)15-11-16(24-3)18(22)17(12-15)25-4/h7-12,19,21-22H,5-6,13H2,1-4H3. The van der Waals surface area contributed by atoms with Gasteiger partial charge in [-0.25, -0.2) is 0 Å². The van der Waals surface area contributed by atoms with Crippen molar-refractivity contribution in [1.82, 2.24) is 10.3 Å². The Hall–Kier alpha value is -2.12. The Kier molecular flexibility index (Phi) is 8.26. The number of methoxy groups -OCH3 is 2. The third kappa shape index (κ3) is 5.23. The average molecular weight is 410 g/mol.